The highest BCUT2D eigenvalue weighted by Crippen LogP contribution is 2.32. The molecule has 4 atom stereocenters. The summed E-state index contributed by atoms with van der Waals surface area (Å²) in [6, 6.07) is 10.1. The Balaban J connectivity index is 1.49. The second kappa shape index (κ2) is 8.79. The Morgan fingerprint density at radius 2 is 1.93 bits per heavy atom. The summed E-state index contributed by atoms with van der Waals surface area (Å²) in [6.07, 6.45) is -1.29. The zero-order valence-electron chi connectivity index (χ0n) is 16.1. The number of aromatic nitrogens is 4. The molecule has 1 aromatic carbocycles. The molecule has 1 saturated heterocycles. The fraction of sp³-hybridized carbons (Fsp3) is 0.421. The first-order valence-corrected chi connectivity index (χ1v) is 9.62. The van der Waals surface area contributed by atoms with Crippen LogP contribution in [0.25, 0.3) is 11.2 Å². The summed E-state index contributed by atoms with van der Waals surface area (Å²) in [4.78, 5) is 12.6. The predicted molar refractivity (Wildman–Crippen MR) is 107 cm³/mol. The lowest BCUT2D eigenvalue weighted by Gasteiger charge is -2.16. The van der Waals surface area contributed by atoms with Crippen molar-refractivity contribution in [2.75, 3.05) is 18.9 Å². The highest BCUT2D eigenvalue weighted by Gasteiger charge is 2.44. The van der Waals surface area contributed by atoms with Crippen molar-refractivity contribution in [2.24, 2.45) is 10.2 Å². The minimum Gasteiger partial charge on any atom is -0.394 e. The van der Waals surface area contributed by atoms with Crippen LogP contribution in [0.4, 0.5) is 11.8 Å². The third-order valence-corrected chi connectivity index (χ3v) is 4.95. The maximum Gasteiger partial charge on any atom is 0.272 e. The normalized spacial score (nSPS) is 24.2. The van der Waals surface area contributed by atoms with Crippen LogP contribution in [0.1, 0.15) is 18.2 Å². The number of azo groups is 1. The topological polar surface area (TPSA) is 164 Å². The van der Waals surface area contributed by atoms with Crippen LogP contribution in [0, 0.1) is 0 Å². The number of ether oxygens (including phenoxy) is 1. The summed E-state index contributed by atoms with van der Waals surface area (Å²) < 4.78 is 6.98. The van der Waals surface area contributed by atoms with Crippen LogP contribution in [0.2, 0.25) is 0 Å². The fourth-order valence-corrected chi connectivity index (χ4v) is 3.38. The van der Waals surface area contributed by atoms with Gasteiger partial charge in [0.05, 0.1) is 19.5 Å². The molecule has 11 heteroatoms. The molecule has 1 aliphatic rings. The van der Waals surface area contributed by atoms with Crippen molar-refractivity contribution in [3.63, 3.8) is 0 Å². The Labute approximate surface area is 171 Å². The van der Waals surface area contributed by atoms with E-state index in [2.05, 4.69) is 37.3 Å². The van der Waals surface area contributed by atoms with E-state index in [1.807, 2.05) is 18.2 Å². The second-order valence-electron chi connectivity index (χ2n) is 7.02. The monoisotopic (exact) mass is 413 g/mol. The highest BCUT2D eigenvalue weighted by atomic mass is 16.6. The number of aryl methyl sites for hydroxylation is 1. The number of nitrogen functional groups attached to an aromatic ring is 1. The van der Waals surface area contributed by atoms with E-state index in [0.717, 1.165) is 12.8 Å². The Bertz CT molecular complexity index is 1030. The van der Waals surface area contributed by atoms with Crippen LogP contribution in [0.3, 0.4) is 0 Å². The third-order valence-electron chi connectivity index (χ3n) is 4.95. The summed E-state index contributed by atoms with van der Waals surface area (Å²) in [7, 11) is 0. The summed E-state index contributed by atoms with van der Waals surface area (Å²) >= 11 is 0. The number of fused-ring (bicyclic) bond motifs is 1. The Morgan fingerprint density at radius 1 is 1.13 bits per heavy atom. The maximum atomic E-state index is 10.3. The number of anilines is 1. The lowest BCUT2D eigenvalue weighted by molar-refractivity contribution is -0.0511. The molecule has 11 nitrogen and oxygen atoms in total. The van der Waals surface area contributed by atoms with Crippen molar-refractivity contribution in [1.29, 1.82) is 0 Å². The molecule has 3 aromatic rings. The minimum atomic E-state index is -1.26. The largest absolute Gasteiger partial charge is 0.394 e. The average molecular weight is 413 g/mol. The number of rotatable bonds is 7. The van der Waals surface area contributed by atoms with Crippen molar-refractivity contribution in [2.45, 2.75) is 37.4 Å². The van der Waals surface area contributed by atoms with Gasteiger partial charge < -0.3 is 25.8 Å². The van der Waals surface area contributed by atoms with Gasteiger partial charge in [0, 0.05) is 0 Å². The van der Waals surface area contributed by atoms with Crippen molar-refractivity contribution in [1.82, 2.24) is 19.5 Å². The molecule has 4 rings (SSSR count). The van der Waals surface area contributed by atoms with Crippen molar-refractivity contribution < 1.29 is 20.1 Å². The molecule has 1 fully saturated rings. The van der Waals surface area contributed by atoms with E-state index < -0.39 is 31.1 Å². The van der Waals surface area contributed by atoms with Gasteiger partial charge in [0.1, 0.15) is 23.8 Å². The van der Waals surface area contributed by atoms with Gasteiger partial charge in [0.25, 0.3) is 5.95 Å². The number of aliphatic hydroxyl groups excluding tert-OH is 3. The van der Waals surface area contributed by atoms with Crippen LogP contribution in [-0.4, -0.2) is 66.3 Å². The van der Waals surface area contributed by atoms with Gasteiger partial charge in [-0.1, -0.05) is 30.3 Å². The Morgan fingerprint density at radius 3 is 2.67 bits per heavy atom. The van der Waals surface area contributed by atoms with Crippen LogP contribution in [0.15, 0.2) is 46.9 Å². The van der Waals surface area contributed by atoms with E-state index in [9.17, 15) is 15.3 Å². The van der Waals surface area contributed by atoms with E-state index in [1.54, 1.807) is 0 Å². The Hall–Kier alpha value is -2.99. The third kappa shape index (κ3) is 4.00. The average Bonchev–Trinajstić information content (AvgIpc) is 3.30. The quantitative estimate of drug-likeness (QED) is 0.325. The molecule has 5 N–H and O–H groups in total. The van der Waals surface area contributed by atoms with Crippen molar-refractivity contribution >= 4 is 22.9 Å². The van der Waals surface area contributed by atoms with Gasteiger partial charge in [-0.25, -0.2) is 4.98 Å². The van der Waals surface area contributed by atoms with Gasteiger partial charge in [-0.2, -0.15) is 15.1 Å². The molecule has 2 aromatic heterocycles. The molecule has 3 heterocycles. The first-order valence-electron chi connectivity index (χ1n) is 9.62. The smallest absolute Gasteiger partial charge is 0.272 e. The summed E-state index contributed by atoms with van der Waals surface area (Å²) in [5, 5.41) is 37.7. The number of nitrogens with zero attached hydrogens (tertiary/aromatic N) is 6. The van der Waals surface area contributed by atoms with E-state index in [1.165, 1.54) is 16.5 Å². The number of hydrogen-bond acceptors (Lipinski definition) is 10. The van der Waals surface area contributed by atoms with Gasteiger partial charge in [0.2, 0.25) is 0 Å². The van der Waals surface area contributed by atoms with E-state index >= 15 is 0 Å². The van der Waals surface area contributed by atoms with Gasteiger partial charge in [0.15, 0.2) is 17.7 Å². The predicted octanol–water partition coefficient (Wildman–Crippen LogP) is 0.736. The summed E-state index contributed by atoms with van der Waals surface area (Å²) in [5.41, 5.74) is 7.81. The number of hydrogen-bond donors (Lipinski definition) is 4. The zero-order valence-corrected chi connectivity index (χ0v) is 16.1. The van der Waals surface area contributed by atoms with Crippen molar-refractivity contribution in [3.8, 4) is 0 Å². The van der Waals surface area contributed by atoms with Gasteiger partial charge in [-0.05, 0) is 18.4 Å². The molecule has 158 valence electrons. The van der Waals surface area contributed by atoms with Crippen LogP contribution < -0.4 is 5.73 Å². The minimum absolute atomic E-state index is 0.0632. The molecule has 0 amide bonds. The van der Waals surface area contributed by atoms with Crippen LogP contribution in [-0.2, 0) is 11.2 Å². The van der Waals surface area contributed by atoms with E-state index in [0.29, 0.717) is 12.1 Å². The van der Waals surface area contributed by atoms with Gasteiger partial charge >= 0.3 is 0 Å². The molecule has 0 spiro atoms. The molecule has 0 bridgehead atoms. The number of aliphatic hydroxyl groups is 3. The molecular formula is C19H23N7O4. The van der Waals surface area contributed by atoms with Crippen molar-refractivity contribution in [3.05, 3.63) is 42.2 Å². The standard InChI is InChI=1S/C19H23N7O4/c20-16-13-17(26(10-21-13)18-15(29)14(28)12(9-27)30-18)24-19(23-16)25-22-8-4-7-11-5-2-1-3-6-11/h1-3,5-6,10,12,14-15,18,27-29H,4,7-9H2,(H2,20,23,24)/t12-,14-,15-,18?/m1/s1. The van der Waals surface area contributed by atoms with E-state index in [-0.39, 0.29) is 17.4 Å². The van der Waals surface area contributed by atoms with Gasteiger partial charge in [-0.3, -0.25) is 4.57 Å². The molecule has 30 heavy (non-hydrogen) atoms. The highest BCUT2D eigenvalue weighted by molar-refractivity contribution is 5.82. The van der Waals surface area contributed by atoms with Gasteiger partial charge in [-0.15, -0.1) is 5.11 Å². The van der Waals surface area contributed by atoms with Crippen LogP contribution in [0.5, 0.6) is 0 Å². The molecule has 0 aliphatic carbocycles. The number of nitrogens with two attached hydrogens (primary N) is 1. The summed E-state index contributed by atoms with van der Waals surface area (Å²) in [5.74, 6) is 0.178. The molecular weight excluding hydrogens is 390 g/mol. The zero-order chi connectivity index (χ0) is 21.1. The lowest BCUT2D eigenvalue weighted by Crippen LogP contribution is -2.33. The first kappa shape index (κ1) is 20.3. The maximum absolute atomic E-state index is 10.3. The Kier molecular flexibility index (Phi) is 5.95. The number of benzene rings is 1. The fourth-order valence-electron chi connectivity index (χ4n) is 3.38. The second-order valence-corrected chi connectivity index (χ2v) is 7.02. The first-order chi connectivity index (χ1) is 14.6. The number of imidazole rings is 1. The SMILES string of the molecule is Nc1nc(N=NCCCc2ccccc2)nc2c1ncn2C1O[C@H](CO)[C@@H](O)[C@H]1O. The van der Waals surface area contributed by atoms with Crippen LogP contribution >= 0.6 is 0 Å². The molecule has 0 radical (unpaired) electrons. The molecule has 1 unspecified atom stereocenters. The molecule has 1 aliphatic heterocycles. The van der Waals surface area contributed by atoms with E-state index in [4.69, 9.17) is 10.5 Å². The lowest BCUT2D eigenvalue weighted by atomic mass is 10.1. The summed E-state index contributed by atoms with van der Waals surface area (Å²) in [6.45, 7) is 0.0746. The molecule has 0 saturated carbocycles.